The fraction of sp³-hybridized carbons (Fsp3) is 0.765. The highest BCUT2D eigenvalue weighted by Gasteiger charge is 2.27. The maximum absolute atomic E-state index is 12.7. The van der Waals surface area contributed by atoms with Gasteiger partial charge >= 0.3 is 0 Å². The Hall–Kier alpha value is -1.36. The standard InChI is InChI=1S/C17H27N3O2/c1-14-12-16(18-22-14)13-19-8-5-9-20(11-10-19)17(21)15-6-3-2-4-7-15/h12,15H,2-11,13H2,1H3. The smallest absolute Gasteiger partial charge is 0.225 e. The first-order valence-electron chi connectivity index (χ1n) is 8.66. The summed E-state index contributed by atoms with van der Waals surface area (Å²) in [6.45, 7) is 6.47. The van der Waals surface area contributed by atoms with Crippen LogP contribution in [0.4, 0.5) is 0 Å². The van der Waals surface area contributed by atoms with Crippen molar-refractivity contribution in [1.29, 1.82) is 0 Å². The third-order valence-electron chi connectivity index (χ3n) is 4.92. The van der Waals surface area contributed by atoms with E-state index in [2.05, 4.69) is 15.0 Å². The maximum atomic E-state index is 12.7. The van der Waals surface area contributed by atoms with Crippen LogP contribution in [-0.2, 0) is 11.3 Å². The van der Waals surface area contributed by atoms with E-state index in [-0.39, 0.29) is 0 Å². The molecular weight excluding hydrogens is 278 g/mol. The van der Waals surface area contributed by atoms with Crippen LogP contribution in [0.15, 0.2) is 10.6 Å². The SMILES string of the molecule is Cc1cc(CN2CCCN(C(=O)C3CCCCC3)CC2)no1. The molecule has 0 N–H and O–H groups in total. The molecule has 22 heavy (non-hydrogen) atoms. The Morgan fingerprint density at radius 1 is 1.18 bits per heavy atom. The van der Waals surface area contributed by atoms with Crippen molar-refractivity contribution < 1.29 is 9.32 Å². The number of carbonyl (C=O) groups excluding carboxylic acids is 1. The number of aryl methyl sites for hydroxylation is 1. The number of carbonyl (C=O) groups is 1. The Morgan fingerprint density at radius 2 is 2.00 bits per heavy atom. The molecule has 2 heterocycles. The molecule has 1 aromatic rings. The molecule has 1 saturated carbocycles. The molecule has 2 fully saturated rings. The van der Waals surface area contributed by atoms with Gasteiger partial charge in [-0.25, -0.2) is 0 Å². The summed E-state index contributed by atoms with van der Waals surface area (Å²) in [5, 5.41) is 4.07. The molecule has 0 atom stereocenters. The highest BCUT2D eigenvalue weighted by molar-refractivity contribution is 5.79. The summed E-state index contributed by atoms with van der Waals surface area (Å²) >= 11 is 0. The summed E-state index contributed by atoms with van der Waals surface area (Å²) in [5.41, 5.74) is 0.990. The zero-order valence-electron chi connectivity index (χ0n) is 13.6. The van der Waals surface area contributed by atoms with Crippen LogP contribution in [0.5, 0.6) is 0 Å². The van der Waals surface area contributed by atoms with Gasteiger partial charge in [0.2, 0.25) is 5.91 Å². The van der Waals surface area contributed by atoms with E-state index in [4.69, 9.17) is 4.52 Å². The van der Waals surface area contributed by atoms with Crippen LogP contribution < -0.4 is 0 Å². The van der Waals surface area contributed by atoms with E-state index in [0.717, 1.165) is 63.4 Å². The van der Waals surface area contributed by atoms with Gasteiger partial charge in [0.1, 0.15) is 5.76 Å². The molecule has 5 nitrogen and oxygen atoms in total. The first kappa shape index (κ1) is 15.5. The minimum atomic E-state index is 0.290. The Labute approximate surface area is 132 Å². The summed E-state index contributed by atoms with van der Waals surface area (Å²) in [4.78, 5) is 17.1. The molecule has 0 unspecified atom stereocenters. The van der Waals surface area contributed by atoms with Crippen LogP contribution >= 0.6 is 0 Å². The molecule has 1 aliphatic heterocycles. The number of amides is 1. The first-order chi connectivity index (χ1) is 10.7. The second kappa shape index (κ2) is 7.27. The minimum Gasteiger partial charge on any atom is -0.361 e. The van der Waals surface area contributed by atoms with Crippen LogP contribution in [0.25, 0.3) is 0 Å². The van der Waals surface area contributed by atoms with Gasteiger partial charge in [-0.3, -0.25) is 9.69 Å². The molecule has 2 aliphatic rings. The number of hydrogen-bond acceptors (Lipinski definition) is 4. The summed E-state index contributed by atoms with van der Waals surface area (Å²) in [7, 11) is 0. The lowest BCUT2D eigenvalue weighted by Gasteiger charge is -2.28. The van der Waals surface area contributed by atoms with Crippen molar-refractivity contribution >= 4 is 5.91 Å². The summed E-state index contributed by atoms with van der Waals surface area (Å²) in [5.74, 6) is 1.55. The fourth-order valence-electron chi connectivity index (χ4n) is 3.68. The second-order valence-corrected chi connectivity index (χ2v) is 6.72. The molecule has 1 aromatic heterocycles. The van der Waals surface area contributed by atoms with Crippen LogP contribution in [0.2, 0.25) is 0 Å². The molecule has 1 saturated heterocycles. The van der Waals surface area contributed by atoms with Crippen molar-refractivity contribution in [3.05, 3.63) is 17.5 Å². The molecule has 0 aromatic carbocycles. The zero-order valence-corrected chi connectivity index (χ0v) is 13.6. The van der Waals surface area contributed by atoms with E-state index in [1.165, 1.54) is 19.3 Å². The van der Waals surface area contributed by atoms with Gasteiger partial charge in [0, 0.05) is 44.7 Å². The molecule has 3 rings (SSSR count). The molecule has 0 radical (unpaired) electrons. The molecule has 1 amide bonds. The number of rotatable bonds is 3. The topological polar surface area (TPSA) is 49.6 Å². The van der Waals surface area contributed by atoms with Crippen LogP contribution in [0.3, 0.4) is 0 Å². The Bertz CT molecular complexity index is 494. The van der Waals surface area contributed by atoms with Crippen molar-refractivity contribution in [2.75, 3.05) is 26.2 Å². The predicted molar refractivity (Wildman–Crippen MR) is 84.3 cm³/mol. The minimum absolute atomic E-state index is 0.290. The summed E-state index contributed by atoms with van der Waals surface area (Å²) in [6, 6.07) is 2.00. The van der Waals surface area contributed by atoms with Crippen LogP contribution in [0, 0.1) is 12.8 Å². The largest absolute Gasteiger partial charge is 0.361 e. The monoisotopic (exact) mass is 305 g/mol. The Kier molecular flexibility index (Phi) is 5.13. The molecule has 0 spiro atoms. The number of hydrogen-bond donors (Lipinski definition) is 0. The van der Waals surface area contributed by atoms with Gasteiger partial charge in [-0.05, 0) is 26.2 Å². The van der Waals surface area contributed by atoms with Crippen molar-refractivity contribution in [3.8, 4) is 0 Å². The summed E-state index contributed by atoms with van der Waals surface area (Å²) in [6.07, 6.45) is 6.99. The van der Waals surface area contributed by atoms with Crippen LogP contribution in [-0.4, -0.2) is 47.0 Å². The molecule has 122 valence electrons. The Balaban J connectivity index is 1.51. The highest BCUT2D eigenvalue weighted by atomic mass is 16.5. The van der Waals surface area contributed by atoms with Gasteiger partial charge in [0.15, 0.2) is 0 Å². The Morgan fingerprint density at radius 3 is 2.73 bits per heavy atom. The van der Waals surface area contributed by atoms with Crippen LogP contribution in [0.1, 0.15) is 50.0 Å². The van der Waals surface area contributed by atoms with E-state index in [0.29, 0.717) is 11.8 Å². The van der Waals surface area contributed by atoms with Crippen molar-refractivity contribution in [3.63, 3.8) is 0 Å². The quantitative estimate of drug-likeness (QED) is 0.861. The van der Waals surface area contributed by atoms with Crippen molar-refractivity contribution in [1.82, 2.24) is 15.0 Å². The van der Waals surface area contributed by atoms with Gasteiger partial charge in [0.05, 0.1) is 5.69 Å². The van der Waals surface area contributed by atoms with Gasteiger partial charge in [-0.1, -0.05) is 24.4 Å². The summed E-state index contributed by atoms with van der Waals surface area (Å²) < 4.78 is 5.13. The van der Waals surface area contributed by atoms with E-state index < -0.39 is 0 Å². The molecular formula is C17H27N3O2. The third-order valence-corrected chi connectivity index (χ3v) is 4.92. The second-order valence-electron chi connectivity index (χ2n) is 6.72. The van der Waals surface area contributed by atoms with Crippen molar-refractivity contribution in [2.45, 2.75) is 52.0 Å². The lowest BCUT2D eigenvalue weighted by molar-refractivity contribution is -0.136. The highest BCUT2D eigenvalue weighted by Crippen LogP contribution is 2.26. The van der Waals surface area contributed by atoms with Gasteiger partial charge < -0.3 is 9.42 Å². The zero-order chi connectivity index (χ0) is 15.4. The maximum Gasteiger partial charge on any atom is 0.225 e. The predicted octanol–water partition coefficient (Wildman–Crippen LogP) is 2.60. The van der Waals surface area contributed by atoms with Crippen molar-refractivity contribution in [2.24, 2.45) is 5.92 Å². The molecule has 5 heteroatoms. The first-order valence-corrected chi connectivity index (χ1v) is 8.66. The number of nitrogens with zero attached hydrogens (tertiary/aromatic N) is 3. The molecule has 1 aliphatic carbocycles. The molecule has 0 bridgehead atoms. The normalized spacial score (nSPS) is 21.8. The fourth-order valence-corrected chi connectivity index (χ4v) is 3.68. The lowest BCUT2D eigenvalue weighted by Crippen LogP contribution is -2.39. The van der Waals surface area contributed by atoms with Gasteiger partial charge in [-0.2, -0.15) is 0 Å². The van der Waals surface area contributed by atoms with Gasteiger partial charge in [-0.15, -0.1) is 0 Å². The number of aromatic nitrogens is 1. The van der Waals surface area contributed by atoms with E-state index in [1.54, 1.807) is 0 Å². The van der Waals surface area contributed by atoms with E-state index in [9.17, 15) is 4.79 Å². The average molecular weight is 305 g/mol. The van der Waals surface area contributed by atoms with E-state index in [1.807, 2.05) is 13.0 Å². The van der Waals surface area contributed by atoms with E-state index >= 15 is 0 Å². The van der Waals surface area contributed by atoms with Gasteiger partial charge in [0.25, 0.3) is 0 Å². The lowest BCUT2D eigenvalue weighted by atomic mass is 9.88. The average Bonchev–Trinajstić information content (AvgIpc) is 2.81. The third kappa shape index (κ3) is 3.88.